The molecular formula is C14H21NO. The molecule has 16 heavy (non-hydrogen) atoms. The van der Waals surface area contributed by atoms with Gasteiger partial charge in [-0.05, 0) is 50.4 Å². The topological polar surface area (TPSA) is 23.5 Å². The lowest BCUT2D eigenvalue weighted by molar-refractivity contribution is 0.223. The van der Waals surface area contributed by atoms with E-state index in [0.717, 1.165) is 19.4 Å². The standard InChI is InChI=1S/C14H21NO/c1-15(10-4-5-11-16)14-9-8-12-6-2-3-7-13(12)14/h2-3,6-7,14,16H,4-5,8-11H2,1H3. The SMILES string of the molecule is CN(CCCCO)C1CCc2ccccc21. The number of benzene rings is 1. The van der Waals surface area contributed by atoms with Gasteiger partial charge in [0.15, 0.2) is 0 Å². The van der Waals surface area contributed by atoms with Gasteiger partial charge in [-0.3, -0.25) is 4.90 Å². The van der Waals surface area contributed by atoms with Crippen molar-refractivity contribution in [1.29, 1.82) is 0 Å². The van der Waals surface area contributed by atoms with Crippen molar-refractivity contribution >= 4 is 0 Å². The Kier molecular flexibility index (Phi) is 3.97. The summed E-state index contributed by atoms with van der Waals surface area (Å²) in [5.41, 5.74) is 3.02. The van der Waals surface area contributed by atoms with Crippen molar-refractivity contribution in [2.45, 2.75) is 31.7 Å². The number of unbranched alkanes of at least 4 members (excludes halogenated alkanes) is 1. The second kappa shape index (κ2) is 5.46. The average molecular weight is 219 g/mol. The van der Waals surface area contributed by atoms with Gasteiger partial charge in [0.25, 0.3) is 0 Å². The molecule has 2 rings (SSSR count). The number of hydrogen-bond donors (Lipinski definition) is 1. The van der Waals surface area contributed by atoms with Gasteiger partial charge >= 0.3 is 0 Å². The summed E-state index contributed by atoms with van der Waals surface area (Å²) >= 11 is 0. The van der Waals surface area contributed by atoms with Crippen LogP contribution in [0.4, 0.5) is 0 Å². The van der Waals surface area contributed by atoms with Crippen LogP contribution in [0.1, 0.15) is 36.4 Å². The molecule has 88 valence electrons. The van der Waals surface area contributed by atoms with Gasteiger partial charge in [0.1, 0.15) is 0 Å². The fourth-order valence-electron chi connectivity index (χ4n) is 2.62. The van der Waals surface area contributed by atoms with Crippen LogP contribution in [0.3, 0.4) is 0 Å². The lowest BCUT2D eigenvalue weighted by Crippen LogP contribution is -2.24. The Morgan fingerprint density at radius 3 is 2.94 bits per heavy atom. The van der Waals surface area contributed by atoms with Crippen LogP contribution < -0.4 is 0 Å². The van der Waals surface area contributed by atoms with Crippen molar-refractivity contribution < 1.29 is 5.11 Å². The maximum Gasteiger partial charge on any atom is 0.0431 e. The lowest BCUT2D eigenvalue weighted by Gasteiger charge is -2.25. The van der Waals surface area contributed by atoms with Gasteiger partial charge in [0.2, 0.25) is 0 Å². The van der Waals surface area contributed by atoms with E-state index in [1.165, 1.54) is 24.0 Å². The fraction of sp³-hybridized carbons (Fsp3) is 0.571. The quantitative estimate of drug-likeness (QED) is 0.769. The van der Waals surface area contributed by atoms with Crippen molar-refractivity contribution in [1.82, 2.24) is 4.90 Å². The Morgan fingerprint density at radius 2 is 2.12 bits per heavy atom. The van der Waals surface area contributed by atoms with E-state index in [0.29, 0.717) is 12.6 Å². The zero-order valence-corrected chi connectivity index (χ0v) is 10.0. The number of aryl methyl sites for hydroxylation is 1. The van der Waals surface area contributed by atoms with Crippen molar-refractivity contribution in [2.24, 2.45) is 0 Å². The summed E-state index contributed by atoms with van der Waals surface area (Å²) < 4.78 is 0. The molecule has 1 aliphatic rings. The summed E-state index contributed by atoms with van der Waals surface area (Å²) in [5.74, 6) is 0. The summed E-state index contributed by atoms with van der Waals surface area (Å²) in [4.78, 5) is 2.43. The van der Waals surface area contributed by atoms with E-state index >= 15 is 0 Å². The summed E-state index contributed by atoms with van der Waals surface area (Å²) in [6.07, 6.45) is 4.46. The van der Waals surface area contributed by atoms with Crippen LogP contribution >= 0.6 is 0 Å². The molecule has 1 aromatic carbocycles. The van der Waals surface area contributed by atoms with Crippen LogP contribution in [0.2, 0.25) is 0 Å². The van der Waals surface area contributed by atoms with Gasteiger partial charge in [-0.15, -0.1) is 0 Å². The van der Waals surface area contributed by atoms with Crippen LogP contribution in [-0.2, 0) is 6.42 Å². The molecule has 1 N–H and O–H groups in total. The van der Waals surface area contributed by atoms with Crippen LogP contribution in [0.25, 0.3) is 0 Å². The third kappa shape index (κ3) is 2.45. The van der Waals surface area contributed by atoms with E-state index < -0.39 is 0 Å². The van der Waals surface area contributed by atoms with Crippen LogP contribution in [0.5, 0.6) is 0 Å². The Morgan fingerprint density at radius 1 is 1.31 bits per heavy atom. The van der Waals surface area contributed by atoms with Crippen molar-refractivity contribution in [3.63, 3.8) is 0 Å². The van der Waals surface area contributed by atoms with Gasteiger partial charge in [-0.1, -0.05) is 24.3 Å². The van der Waals surface area contributed by atoms with Gasteiger partial charge in [-0.2, -0.15) is 0 Å². The molecule has 0 saturated carbocycles. The molecule has 2 nitrogen and oxygen atoms in total. The number of aliphatic hydroxyl groups excluding tert-OH is 1. The minimum atomic E-state index is 0.315. The van der Waals surface area contributed by atoms with Crippen LogP contribution in [0, 0.1) is 0 Å². The monoisotopic (exact) mass is 219 g/mol. The highest BCUT2D eigenvalue weighted by Gasteiger charge is 2.24. The molecule has 0 radical (unpaired) electrons. The van der Waals surface area contributed by atoms with Crippen LogP contribution in [0.15, 0.2) is 24.3 Å². The normalized spacial score (nSPS) is 19.1. The van der Waals surface area contributed by atoms with E-state index in [1.54, 1.807) is 0 Å². The first kappa shape index (κ1) is 11.6. The number of rotatable bonds is 5. The summed E-state index contributed by atoms with van der Waals surface area (Å²) in [7, 11) is 2.20. The first-order chi connectivity index (χ1) is 7.83. The maximum atomic E-state index is 8.78. The molecule has 0 bridgehead atoms. The molecule has 0 amide bonds. The zero-order chi connectivity index (χ0) is 11.4. The number of hydrogen-bond acceptors (Lipinski definition) is 2. The number of aliphatic hydroxyl groups is 1. The average Bonchev–Trinajstić information content (AvgIpc) is 2.73. The van der Waals surface area contributed by atoms with Crippen LogP contribution in [-0.4, -0.2) is 30.2 Å². The zero-order valence-electron chi connectivity index (χ0n) is 10.0. The van der Waals surface area contributed by atoms with E-state index in [9.17, 15) is 0 Å². The highest BCUT2D eigenvalue weighted by molar-refractivity contribution is 5.34. The molecule has 0 heterocycles. The molecular weight excluding hydrogens is 198 g/mol. The molecule has 0 spiro atoms. The predicted molar refractivity (Wildman–Crippen MR) is 66.5 cm³/mol. The van der Waals surface area contributed by atoms with Gasteiger partial charge in [-0.25, -0.2) is 0 Å². The second-order valence-corrected chi connectivity index (χ2v) is 4.66. The molecule has 1 unspecified atom stereocenters. The van der Waals surface area contributed by atoms with E-state index in [-0.39, 0.29) is 0 Å². The third-order valence-electron chi connectivity index (χ3n) is 3.55. The number of nitrogens with zero attached hydrogens (tertiary/aromatic N) is 1. The first-order valence-electron chi connectivity index (χ1n) is 6.22. The smallest absolute Gasteiger partial charge is 0.0431 e. The van der Waals surface area contributed by atoms with E-state index in [1.807, 2.05) is 0 Å². The van der Waals surface area contributed by atoms with Crippen molar-refractivity contribution in [3.05, 3.63) is 35.4 Å². The fourth-order valence-corrected chi connectivity index (χ4v) is 2.62. The Bertz CT molecular complexity index is 337. The molecule has 0 aromatic heterocycles. The minimum Gasteiger partial charge on any atom is -0.396 e. The van der Waals surface area contributed by atoms with Gasteiger partial charge in [0, 0.05) is 12.6 Å². The summed E-state index contributed by atoms with van der Waals surface area (Å²) in [6.45, 7) is 1.40. The Balaban J connectivity index is 1.96. The minimum absolute atomic E-state index is 0.315. The molecule has 2 heteroatoms. The first-order valence-corrected chi connectivity index (χ1v) is 6.22. The summed E-state index contributed by atoms with van der Waals surface area (Å²) in [5, 5.41) is 8.78. The lowest BCUT2D eigenvalue weighted by atomic mass is 10.1. The van der Waals surface area contributed by atoms with E-state index in [2.05, 4.69) is 36.2 Å². The Hall–Kier alpha value is -0.860. The van der Waals surface area contributed by atoms with Gasteiger partial charge in [0.05, 0.1) is 0 Å². The molecule has 0 fully saturated rings. The predicted octanol–water partition coefficient (Wildman–Crippen LogP) is 2.38. The summed E-state index contributed by atoms with van der Waals surface area (Å²) in [6, 6.07) is 9.37. The Labute approximate surface area is 97.9 Å². The third-order valence-corrected chi connectivity index (χ3v) is 3.55. The van der Waals surface area contributed by atoms with E-state index in [4.69, 9.17) is 5.11 Å². The molecule has 0 saturated heterocycles. The highest BCUT2D eigenvalue weighted by atomic mass is 16.2. The number of fused-ring (bicyclic) bond motifs is 1. The van der Waals surface area contributed by atoms with Gasteiger partial charge < -0.3 is 5.11 Å². The highest BCUT2D eigenvalue weighted by Crippen LogP contribution is 2.34. The molecule has 0 aliphatic heterocycles. The maximum absolute atomic E-state index is 8.78. The second-order valence-electron chi connectivity index (χ2n) is 4.66. The molecule has 1 aromatic rings. The van der Waals surface area contributed by atoms with Crippen molar-refractivity contribution in [3.8, 4) is 0 Å². The largest absolute Gasteiger partial charge is 0.396 e. The van der Waals surface area contributed by atoms with Crippen molar-refractivity contribution in [2.75, 3.05) is 20.2 Å². The molecule has 1 atom stereocenters. The molecule has 1 aliphatic carbocycles.